The Bertz CT molecular complexity index is 652. The molecule has 0 fully saturated rings. The molecule has 94 valence electrons. The van der Waals surface area contributed by atoms with Gasteiger partial charge in [-0.3, -0.25) is 0 Å². The summed E-state index contributed by atoms with van der Waals surface area (Å²) < 4.78 is 4.97. The van der Waals surface area contributed by atoms with Crippen LogP contribution in [0.5, 0.6) is 5.75 Å². The van der Waals surface area contributed by atoms with E-state index in [1.54, 1.807) is 12.1 Å². The maximum atomic E-state index is 11.0. The van der Waals surface area contributed by atoms with E-state index in [1.807, 2.05) is 13.0 Å². The molecule has 0 radical (unpaired) electrons. The predicted octanol–water partition coefficient (Wildman–Crippen LogP) is 1.98. The highest BCUT2D eigenvalue weighted by atomic mass is 16.4. The second-order valence-electron chi connectivity index (χ2n) is 4.19. The number of aliphatic hydroxyl groups is 1. The van der Waals surface area contributed by atoms with Crippen LogP contribution in [0.2, 0.25) is 0 Å². The molecule has 0 saturated carbocycles. The number of aliphatic hydroxyl groups excluding tert-OH is 1. The molecule has 1 aromatic carbocycles. The molecule has 1 aromatic heterocycles. The van der Waals surface area contributed by atoms with E-state index in [9.17, 15) is 9.90 Å². The molecule has 0 bridgehead atoms. The maximum Gasteiger partial charge on any atom is 0.336 e. The molecule has 2 aromatic rings. The first kappa shape index (κ1) is 12.4. The summed E-state index contributed by atoms with van der Waals surface area (Å²) in [6, 6.07) is 6.22. The Hall–Kier alpha value is -2.07. The zero-order chi connectivity index (χ0) is 13.1. The largest absolute Gasteiger partial charge is 0.508 e. The lowest BCUT2D eigenvalue weighted by molar-refractivity contribution is 0.331. The van der Waals surface area contributed by atoms with Gasteiger partial charge in [0.05, 0.1) is 6.61 Å². The monoisotopic (exact) mass is 246 g/mol. The van der Waals surface area contributed by atoms with E-state index in [0.717, 1.165) is 16.5 Å². The van der Waals surface area contributed by atoms with Gasteiger partial charge in [-0.2, -0.15) is 0 Å². The molecule has 0 amide bonds. The Morgan fingerprint density at radius 1 is 1.39 bits per heavy atom. The van der Waals surface area contributed by atoms with E-state index in [0.29, 0.717) is 12.0 Å². The van der Waals surface area contributed by atoms with Gasteiger partial charge >= 0.3 is 5.63 Å². The number of rotatable bonds is 3. The van der Waals surface area contributed by atoms with Crippen molar-refractivity contribution >= 4 is 11.0 Å². The van der Waals surface area contributed by atoms with Gasteiger partial charge in [-0.1, -0.05) is 11.6 Å². The topological polar surface area (TPSA) is 70.7 Å². The van der Waals surface area contributed by atoms with E-state index in [4.69, 9.17) is 9.52 Å². The van der Waals surface area contributed by atoms with Crippen LogP contribution in [0.3, 0.4) is 0 Å². The third-order valence-electron chi connectivity index (χ3n) is 2.74. The van der Waals surface area contributed by atoms with Crippen molar-refractivity contribution in [2.75, 3.05) is 6.61 Å². The zero-order valence-electron chi connectivity index (χ0n) is 10.0. The first-order chi connectivity index (χ1) is 8.60. The van der Waals surface area contributed by atoms with Crippen LogP contribution in [-0.4, -0.2) is 16.8 Å². The quantitative estimate of drug-likeness (QED) is 0.641. The number of allylic oxidation sites excluding steroid dienone is 1. The molecule has 4 heteroatoms. The molecule has 0 saturated heterocycles. The van der Waals surface area contributed by atoms with Crippen LogP contribution >= 0.6 is 0 Å². The van der Waals surface area contributed by atoms with Crippen molar-refractivity contribution in [2.45, 2.75) is 13.3 Å². The van der Waals surface area contributed by atoms with E-state index in [1.165, 1.54) is 12.1 Å². The second-order valence-corrected chi connectivity index (χ2v) is 4.19. The van der Waals surface area contributed by atoms with E-state index < -0.39 is 5.63 Å². The number of hydrogen-bond donors (Lipinski definition) is 2. The normalized spacial score (nSPS) is 12.0. The minimum Gasteiger partial charge on any atom is -0.508 e. The minimum atomic E-state index is -0.439. The van der Waals surface area contributed by atoms with Crippen molar-refractivity contribution < 1.29 is 14.6 Å². The van der Waals surface area contributed by atoms with E-state index in [-0.39, 0.29) is 12.4 Å². The van der Waals surface area contributed by atoms with Crippen LogP contribution in [-0.2, 0) is 6.42 Å². The van der Waals surface area contributed by atoms with E-state index >= 15 is 0 Å². The lowest BCUT2D eigenvalue weighted by Gasteiger charge is -2.04. The summed E-state index contributed by atoms with van der Waals surface area (Å²) in [5, 5.41) is 19.5. The Morgan fingerprint density at radius 3 is 2.89 bits per heavy atom. The smallest absolute Gasteiger partial charge is 0.336 e. The molecule has 4 nitrogen and oxygen atoms in total. The highest BCUT2D eigenvalue weighted by molar-refractivity contribution is 5.79. The molecule has 18 heavy (non-hydrogen) atoms. The molecule has 2 rings (SSSR count). The second kappa shape index (κ2) is 5.06. The Morgan fingerprint density at radius 2 is 2.17 bits per heavy atom. The fourth-order valence-electron chi connectivity index (χ4n) is 1.66. The zero-order valence-corrected chi connectivity index (χ0v) is 10.0. The van der Waals surface area contributed by atoms with Crippen molar-refractivity contribution in [3.05, 3.63) is 51.9 Å². The highest BCUT2D eigenvalue weighted by Gasteiger charge is 2.05. The number of fused-ring (bicyclic) bond motifs is 1. The third-order valence-corrected chi connectivity index (χ3v) is 2.74. The predicted molar refractivity (Wildman–Crippen MR) is 68.7 cm³/mol. The van der Waals surface area contributed by atoms with Gasteiger partial charge in [-0.25, -0.2) is 4.79 Å². The standard InChI is InChI=1S/C14H14O4/c1-9(8-15)2-3-10-6-11-4-5-14(17)18-13(11)7-12(10)16/h2,4-7,15-16H,3,8H2,1H3. The van der Waals surface area contributed by atoms with Crippen LogP contribution < -0.4 is 5.63 Å². The maximum absolute atomic E-state index is 11.0. The Balaban J connectivity index is 2.43. The Kier molecular flexibility index (Phi) is 3.48. The molecule has 0 atom stereocenters. The summed E-state index contributed by atoms with van der Waals surface area (Å²) in [4.78, 5) is 11.0. The van der Waals surface area contributed by atoms with Gasteiger partial charge in [0, 0.05) is 17.5 Å². The van der Waals surface area contributed by atoms with Crippen molar-refractivity contribution in [1.82, 2.24) is 0 Å². The highest BCUT2D eigenvalue weighted by Crippen LogP contribution is 2.24. The van der Waals surface area contributed by atoms with Gasteiger partial charge < -0.3 is 14.6 Å². The molecule has 0 spiro atoms. The molecule has 0 unspecified atom stereocenters. The van der Waals surface area contributed by atoms with Crippen molar-refractivity contribution in [1.29, 1.82) is 0 Å². The lowest BCUT2D eigenvalue weighted by Crippen LogP contribution is -1.95. The summed E-state index contributed by atoms with van der Waals surface area (Å²) in [7, 11) is 0. The van der Waals surface area contributed by atoms with Gasteiger partial charge in [0.2, 0.25) is 0 Å². The fraction of sp³-hybridized carbons (Fsp3) is 0.214. The molecule has 0 aliphatic carbocycles. The number of phenolic OH excluding ortho intramolecular Hbond substituents is 1. The van der Waals surface area contributed by atoms with Gasteiger partial charge in [-0.05, 0) is 31.0 Å². The molecular formula is C14H14O4. The number of benzene rings is 1. The Labute approximate surface area is 104 Å². The van der Waals surface area contributed by atoms with Gasteiger partial charge in [0.15, 0.2) is 0 Å². The lowest BCUT2D eigenvalue weighted by atomic mass is 10.1. The number of phenols is 1. The van der Waals surface area contributed by atoms with Gasteiger partial charge in [0.1, 0.15) is 11.3 Å². The van der Waals surface area contributed by atoms with Crippen LogP contribution in [0.4, 0.5) is 0 Å². The summed E-state index contributed by atoms with van der Waals surface area (Å²) in [5.74, 6) is 0.0823. The molecule has 2 N–H and O–H groups in total. The fourth-order valence-corrected chi connectivity index (χ4v) is 1.66. The van der Waals surface area contributed by atoms with Crippen LogP contribution in [0, 0.1) is 0 Å². The minimum absolute atomic E-state index is 0.00319. The SMILES string of the molecule is CC(=CCc1cc2ccc(=O)oc2cc1O)CO. The van der Waals surface area contributed by atoms with Crippen LogP contribution in [0.1, 0.15) is 12.5 Å². The summed E-state index contributed by atoms with van der Waals surface area (Å²) in [6.07, 6.45) is 2.37. The molecular weight excluding hydrogens is 232 g/mol. The van der Waals surface area contributed by atoms with Crippen LogP contribution in [0.15, 0.2) is 45.1 Å². The van der Waals surface area contributed by atoms with E-state index in [2.05, 4.69) is 0 Å². The van der Waals surface area contributed by atoms with Crippen molar-refractivity contribution in [2.24, 2.45) is 0 Å². The summed E-state index contributed by atoms with van der Waals surface area (Å²) >= 11 is 0. The molecule has 0 aliphatic heterocycles. The summed E-state index contributed by atoms with van der Waals surface area (Å²) in [5.41, 5.74) is 1.50. The first-order valence-corrected chi connectivity index (χ1v) is 5.62. The number of aromatic hydroxyl groups is 1. The average Bonchev–Trinajstić information content (AvgIpc) is 2.35. The molecule has 0 aliphatic rings. The van der Waals surface area contributed by atoms with Gasteiger partial charge in [-0.15, -0.1) is 0 Å². The summed E-state index contributed by atoms with van der Waals surface area (Å²) in [6.45, 7) is 1.82. The number of hydrogen-bond acceptors (Lipinski definition) is 4. The average molecular weight is 246 g/mol. The van der Waals surface area contributed by atoms with Crippen molar-refractivity contribution in [3.63, 3.8) is 0 Å². The molecule has 1 heterocycles. The third kappa shape index (κ3) is 2.60. The van der Waals surface area contributed by atoms with Crippen molar-refractivity contribution in [3.8, 4) is 5.75 Å². The van der Waals surface area contributed by atoms with Gasteiger partial charge in [0.25, 0.3) is 0 Å². The first-order valence-electron chi connectivity index (χ1n) is 5.62. The van der Waals surface area contributed by atoms with Crippen LogP contribution in [0.25, 0.3) is 11.0 Å².